The molecule has 4 rings (SSSR count). The molecule has 0 bridgehead atoms. The monoisotopic (exact) mass is 352 g/mol. The first-order chi connectivity index (χ1) is 12.6. The number of morpholine rings is 1. The second kappa shape index (κ2) is 6.76. The smallest absolute Gasteiger partial charge is 0.227 e. The normalized spacial score (nSPS) is 17.6. The molecule has 3 aromatic rings. The van der Waals surface area contributed by atoms with Gasteiger partial charge in [0.05, 0.1) is 25.8 Å². The molecule has 0 aliphatic carbocycles. The van der Waals surface area contributed by atoms with Gasteiger partial charge in [0.2, 0.25) is 5.91 Å². The van der Waals surface area contributed by atoms with Crippen molar-refractivity contribution in [1.29, 1.82) is 0 Å². The summed E-state index contributed by atoms with van der Waals surface area (Å²) >= 11 is 0. The third kappa shape index (κ3) is 3.13. The van der Waals surface area contributed by atoms with Crippen molar-refractivity contribution in [1.82, 2.24) is 14.9 Å². The van der Waals surface area contributed by atoms with Crippen LogP contribution in [0.1, 0.15) is 22.9 Å². The molecule has 1 atom stereocenters. The van der Waals surface area contributed by atoms with Gasteiger partial charge < -0.3 is 19.8 Å². The van der Waals surface area contributed by atoms with Crippen molar-refractivity contribution in [3.05, 3.63) is 53.7 Å². The zero-order chi connectivity index (χ0) is 18.1. The Labute approximate surface area is 150 Å². The SMILES string of the molecule is Cc1ccc2c(CC(=O)N3CCOC(c4nccnc4N)C3)coc2c1. The Morgan fingerprint density at radius 3 is 3.04 bits per heavy atom. The van der Waals surface area contributed by atoms with Gasteiger partial charge in [0, 0.05) is 29.9 Å². The number of ether oxygens (including phenoxy) is 1. The maximum Gasteiger partial charge on any atom is 0.227 e. The maximum absolute atomic E-state index is 12.8. The van der Waals surface area contributed by atoms with E-state index in [-0.39, 0.29) is 12.0 Å². The van der Waals surface area contributed by atoms with Crippen LogP contribution in [0.4, 0.5) is 5.82 Å². The lowest BCUT2D eigenvalue weighted by Gasteiger charge is -2.32. The molecule has 7 nitrogen and oxygen atoms in total. The number of rotatable bonds is 3. The van der Waals surface area contributed by atoms with Crippen molar-refractivity contribution in [2.45, 2.75) is 19.4 Å². The number of fused-ring (bicyclic) bond motifs is 1. The molecule has 134 valence electrons. The Balaban J connectivity index is 1.50. The fourth-order valence-corrected chi connectivity index (χ4v) is 3.25. The zero-order valence-corrected chi connectivity index (χ0v) is 14.5. The van der Waals surface area contributed by atoms with Gasteiger partial charge in [-0.3, -0.25) is 9.78 Å². The van der Waals surface area contributed by atoms with Gasteiger partial charge in [-0.1, -0.05) is 12.1 Å². The molecule has 1 aromatic carbocycles. The van der Waals surface area contributed by atoms with E-state index in [1.54, 1.807) is 17.4 Å². The van der Waals surface area contributed by atoms with Crippen molar-refractivity contribution < 1.29 is 13.9 Å². The van der Waals surface area contributed by atoms with Crippen LogP contribution in [0.5, 0.6) is 0 Å². The number of hydrogen-bond donors (Lipinski definition) is 1. The molecule has 0 radical (unpaired) electrons. The van der Waals surface area contributed by atoms with Gasteiger partial charge in [-0.15, -0.1) is 0 Å². The van der Waals surface area contributed by atoms with Gasteiger partial charge in [-0.2, -0.15) is 0 Å². The number of carbonyl (C=O) groups is 1. The van der Waals surface area contributed by atoms with Crippen LogP contribution in [0.15, 0.2) is 41.3 Å². The van der Waals surface area contributed by atoms with E-state index in [1.165, 1.54) is 6.20 Å². The van der Waals surface area contributed by atoms with Crippen molar-refractivity contribution in [2.24, 2.45) is 0 Å². The number of anilines is 1. The number of aryl methyl sites for hydroxylation is 1. The number of furan rings is 1. The average molecular weight is 352 g/mol. The minimum Gasteiger partial charge on any atom is -0.464 e. The number of benzene rings is 1. The molecule has 2 N–H and O–H groups in total. The lowest BCUT2D eigenvalue weighted by molar-refractivity contribution is -0.138. The summed E-state index contributed by atoms with van der Waals surface area (Å²) < 4.78 is 11.3. The lowest BCUT2D eigenvalue weighted by Crippen LogP contribution is -2.43. The predicted octanol–water partition coefficient (Wildman–Crippen LogP) is 2.26. The highest BCUT2D eigenvalue weighted by molar-refractivity contribution is 5.88. The number of aromatic nitrogens is 2. The topological polar surface area (TPSA) is 94.5 Å². The number of hydrogen-bond acceptors (Lipinski definition) is 6. The summed E-state index contributed by atoms with van der Waals surface area (Å²) in [5, 5.41) is 0.979. The highest BCUT2D eigenvalue weighted by Gasteiger charge is 2.28. The van der Waals surface area contributed by atoms with Crippen LogP contribution in [0.3, 0.4) is 0 Å². The van der Waals surface area contributed by atoms with Crippen molar-refractivity contribution in [3.8, 4) is 0 Å². The number of nitrogen functional groups attached to an aromatic ring is 1. The second-order valence-electron chi connectivity index (χ2n) is 6.46. The van der Waals surface area contributed by atoms with E-state index < -0.39 is 0 Å². The van der Waals surface area contributed by atoms with Crippen LogP contribution >= 0.6 is 0 Å². The van der Waals surface area contributed by atoms with E-state index in [1.807, 2.05) is 25.1 Å². The third-order valence-corrected chi connectivity index (χ3v) is 4.63. The first-order valence-corrected chi connectivity index (χ1v) is 8.54. The van der Waals surface area contributed by atoms with Crippen molar-refractivity contribution >= 4 is 22.7 Å². The minimum atomic E-state index is -0.356. The van der Waals surface area contributed by atoms with E-state index in [4.69, 9.17) is 14.9 Å². The van der Waals surface area contributed by atoms with E-state index in [0.717, 1.165) is 22.1 Å². The van der Waals surface area contributed by atoms with E-state index >= 15 is 0 Å². The van der Waals surface area contributed by atoms with E-state index in [2.05, 4.69) is 9.97 Å². The molecular weight excluding hydrogens is 332 g/mol. The average Bonchev–Trinajstić information content (AvgIpc) is 3.04. The molecule has 26 heavy (non-hydrogen) atoms. The van der Waals surface area contributed by atoms with Gasteiger partial charge in [0.1, 0.15) is 23.2 Å². The first-order valence-electron chi connectivity index (χ1n) is 8.54. The number of carbonyl (C=O) groups excluding carboxylic acids is 1. The quantitative estimate of drug-likeness (QED) is 0.777. The standard InChI is InChI=1S/C19H20N4O3/c1-12-2-3-14-13(11-26-15(14)8-12)9-17(24)23-6-7-25-16(10-23)18-19(20)22-5-4-21-18/h2-5,8,11,16H,6-7,9-10H2,1H3,(H2,20,22). The number of nitrogens with zero attached hydrogens (tertiary/aromatic N) is 3. The maximum atomic E-state index is 12.8. The molecule has 1 aliphatic rings. The highest BCUT2D eigenvalue weighted by Crippen LogP contribution is 2.26. The summed E-state index contributed by atoms with van der Waals surface area (Å²) in [7, 11) is 0. The van der Waals surface area contributed by atoms with Crippen LogP contribution in [0.25, 0.3) is 11.0 Å². The summed E-state index contributed by atoms with van der Waals surface area (Å²) in [6, 6.07) is 6.00. The molecule has 3 heterocycles. The Hall–Kier alpha value is -2.93. The molecular formula is C19H20N4O3. The predicted molar refractivity (Wildman–Crippen MR) is 96.4 cm³/mol. The summed E-state index contributed by atoms with van der Waals surface area (Å²) in [4.78, 5) is 22.9. The van der Waals surface area contributed by atoms with Crippen LogP contribution in [0, 0.1) is 6.92 Å². The highest BCUT2D eigenvalue weighted by atomic mass is 16.5. The van der Waals surface area contributed by atoms with Gasteiger partial charge in [-0.25, -0.2) is 4.98 Å². The molecule has 1 amide bonds. The van der Waals surface area contributed by atoms with Crippen LogP contribution in [0.2, 0.25) is 0 Å². The molecule has 2 aromatic heterocycles. The Morgan fingerprint density at radius 2 is 2.19 bits per heavy atom. The van der Waals surface area contributed by atoms with Gasteiger partial charge in [0.15, 0.2) is 0 Å². The summed E-state index contributed by atoms with van der Waals surface area (Å²) in [6.45, 7) is 3.41. The molecule has 0 saturated carbocycles. The minimum absolute atomic E-state index is 0.0315. The fourth-order valence-electron chi connectivity index (χ4n) is 3.25. The third-order valence-electron chi connectivity index (χ3n) is 4.63. The largest absolute Gasteiger partial charge is 0.464 e. The fraction of sp³-hybridized carbons (Fsp3) is 0.316. The van der Waals surface area contributed by atoms with Crippen molar-refractivity contribution in [3.63, 3.8) is 0 Å². The first kappa shape index (κ1) is 16.5. The van der Waals surface area contributed by atoms with Crippen LogP contribution < -0.4 is 5.73 Å². The Morgan fingerprint density at radius 1 is 1.35 bits per heavy atom. The van der Waals surface area contributed by atoms with Gasteiger partial charge >= 0.3 is 0 Å². The summed E-state index contributed by atoms with van der Waals surface area (Å²) in [6.07, 6.45) is 4.72. The van der Waals surface area contributed by atoms with E-state index in [0.29, 0.717) is 37.6 Å². The molecule has 1 saturated heterocycles. The molecule has 1 fully saturated rings. The van der Waals surface area contributed by atoms with Gasteiger partial charge in [0.25, 0.3) is 0 Å². The summed E-state index contributed by atoms with van der Waals surface area (Å²) in [5.41, 5.74) is 9.29. The van der Waals surface area contributed by atoms with E-state index in [9.17, 15) is 4.79 Å². The van der Waals surface area contributed by atoms with Gasteiger partial charge in [-0.05, 0) is 18.6 Å². The van der Waals surface area contributed by atoms with Crippen molar-refractivity contribution in [2.75, 3.05) is 25.4 Å². The lowest BCUT2D eigenvalue weighted by atomic mass is 10.1. The van der Waals surface area contributed by atoms with Crippen LogP contribution in [-0.2, 0) is 16.0 Å². The zero-order valence-electron chi connectivity index (χ0n) is 14.5. The second-order valence-corrected chi connectivity index (χ2v) is 6.46. The molecule has 1 unspecified atom stereocenters. The Bertz CT molecular complexity index is 953. The number of nitrogens with two attached hydrogens (primary N) is 1. The molecule has 1 aliphatic heterocycles. The molecule has 0 spiro atoms. The Kier molecular flexibility index (Phi) is 4.30. The van der Waals surface area contributed by atoms with Crippen LogP contribution in [-0.4, -0.2) is 40.5 Å². The molecule has 7 heteroatoms. The summed E-state index contributed by atoms with van der Waals surface area (Å²) in [5.74, 6) is 0.368. The number of amides is 1.